The smallest absolute Gasteiger partial charge is 0.365 e. The number of hydrogen-bond donors (Lipinski definition) is 1. The molecule has 1 aromatic rings. The predicted octanol–water partition coefficient (Wildman–Crippen LogP) is 8.11. The van der Waals surface area contributed by atoms with Crippen molar-refractivity contribution in [3.63, 3.8) is 0 Å². The Hall–Kier alpha value is -2.03. The molecule has 1 unspecified atom stereocenters. The minimum atomic E-state index is -4.44. The predicted molar refractivity (Wildman–Crippen MR) is 149 cm³/mol. The summed E-state index contributed by atoms with van der Waals surface area (Å²) >= 11 is 0. The number of rotatable bonds is 4. The van der Waals surface area contributed by atoms with E-state index in [2.05, 4.69) is 61.8 Å². The topological polar surface area (TPSA) is 53.4 Å². The van der Waals surface area contributed by atoms with E-state index in [-0.39, 0.29) is 34.3 Å². The van der Waals surface area contributed by atoms with Crippen LogP contribution >= 0.6 is 0 Å². The number of alkyl halides is 3. The highest BCUT2D eigenvalue weighted by Gasteiger charge is 2.43. The summed E-state index contributed by atoms with van der Waals surface area (Å²) in [6, 6.07) is -0.650. The van der Waals surface area contributed by atoms with Gasteiger partial charge >= 0.3 is 6.18 Å². The summed E-state index contributed by atoms with van der Waals surface area (Å²) < 4.78 is 57.1. The van der Waals surface area contributed by atoms with Crippen LogP contribution in [0, 0.1) is 28.5 Å². The normalized spacial score (nSPS) is 29.9. The molecule has 1 atom stereocenters. The molecule has 2 heterocycles. The number of nitrogens with one attached hydrogen (secondary N) is 1. The average Bonchev–Trinajstić information content (AvgIpc) is 2.79. The van der Waals surface area contributed by atoms with E-state index in [1.807, 2.05) is 4.90 Å². The SMILES string of the molecule is CC1CCN(C2CCC(=Nc3ncc(F)c(NC4CC(C)(C)CC(C)CC(C)(C)C4)n3)C=C2C(F)(F)F)CC1. The number of halogens is 4. The third-order valence-corrected chi connectivity index (χ3v) is 8.66. The summed E-state index contributed by atoms with van der Waals surface area (Å²) in [6.07, 6.45) is 4.24. The Labute approximate surface area is 231 Å². The fourth-order valence-electron chi connectivity index (χ4n) is 7.33. The molecule has 0 bridgehead atoms. The number of anilines is 1. The molecule has 1 N–H and O–H groups in total. The zero-order chi connectivity index (χ0) is 28.6. The van der Waals surface area contributed by atoms with Gasteiger partial charge in [-0.05, 0) is 93.2 Å². The van der Waals surface area contributed by atoms with Crippen LogP contribution in [-0.2, 0) is 0 Å². The summed E-state index contributed by atoms with van der Waals surface area (Å²) in [5.41, 5.74) is -0.104. The second-order valence-electron chi connectivity index (χ2n) is 13.9. The molecule has 0 aromatic carbocycles. The van der Waals surface area contributed by atoms with Gasteiger partial charge in [0, 0.05) is 17.8 Å². The van der Waals surface area contributed by atoms with E-state index < -0.39 is 23.6 Å². The van der Waals surface area contributed by atoms with Gasteiger partial charge in [0.1, 0.15) is 0 Å². The van der Waals surface area contributed by atoms with E-state index in [4.69, 9.17) is 0 Å². The molecule has 1 saturated heterocycles. The summed E-state index contributed by atoms with van der Waals surface area (Å²) in [5, 5.41) is 3.31. The van der Waals surface area contributed by atoms with Gasteiger partial charge in [-0.1, -0.05) is 41.5 Å². The molecule has 2 aliphatic carbocycles. The third kappa shape index (κ3) is 8.01. The van der Waals surface area contributed by atoms with Crippen molar-refractivity contribution in [2.75, 3.05) is 18.4 Å². The van der Waals surface area contributed by atoms with Crippen LogP contribution in [0.25, 0.3) is 0 Å². The van der Waals surface area contributed by atoms with E-state index >= 15 is 0 Å². The Morgan fingerprint density at radius 1 is 0.949 bits per heavy atom. The van der Waals surface area contributed by atoms with Gasteiger partial charge in [0.05, 0.1) is 11.8 Å². The van der Waals surface area contributed by atoms with Crippen LogP contribution in [0.5, 0.6) is 0 Å². The largest absolute Gasteiger partial charge is 0.414 e. The van der Waals surface area contributed by atoms with Gasteiger partial charge < -0.3 is 5.32 Å². The molecule has 9 heteroatoms. The molecule has 0 amide bonds. The van der Waals surface area contributed by atoms with Crippen LogP contribution in [0.2, 0.25) is 0 Å². The lowest BCUT2D eigenvalue weighted by Crippen LogP contribution is -2.46. The van der Waals surface area contributed by atoms with Crippen LogP contribution in [-0.4, -0.2) is 51.9 Å². The van der Waals surface area contributed by atoms with Crippen LogP contribution < -0.4 is 5.32 Å². The minimum Gasteiger partial charge on any atom is -0.365 e. The molecule has 2 fully saturated rings. The molecule has 1 saturated carbocycles. The standard InChI is InChI=1S/C30H45F4N5/c1-19-9-11-39(12-10-19)25-8-7-21(13-23(25)30(32,33)34)37-27-35-18-24(31)26(38-27)36-22-16-28(3,4)14-20(2)15-29(5,6)17-22/h13,18-20,22,25H,7-12,14-17H2,1-6H3,(H,35,36,38). The van der Waals surface area contributed by atoms with Crippen molar-refractivity contribution in [1.82, 2.24) is 14.9 Å². The Balaban J connectivity index is 1.56. The first-order valence-corrected chi connectivity index (χ1v) is 14.5. The third-order valence-electron chi connectivity index (χ3n) is 8.66. The molecule has 5 nitrogen and oxygen atoms in total. The van der Waals surface area contributed by atoms with Crippen LogP contribution in [0.1, 0.15) is 92.9 Å². The number of hydrogen-bond acceptors (Lipinski definition) is 5. The maximum atomic E-state index is 14.8. The van der Waals surface area contributed by atoms with Crippen molar-refractivity contribution >= 4 is 17.5 Å². The van der Waals surface area contributed by atoms with Gasteiger partial charge in [0.15, 0.2) is 11.6 Å². The van der Waals surface area contributed by atoms with E-state index in [1.54, 1.807) is 0 Å². The number of aliphatic imine (C=N–C) groups is 1. The molecule has 4 rings (SSSR count). The Kier molecular flexibility index (Phi) is 8.79. The zero-order valence-corrected chi connectivity index (χ0v) is 24.3. The van der Waals surface area contributed by atoms with Gasteiger partial charge in [0.2, 0.25) is 0 Å². The second kappa shape index (κ2) is 11.5. The monoisotopic (exact) mass is 551 g/mol. The number of piperidine rings is 1. The molecule has 39 heavy (non-hydrogen) atoms. The number of aromatic nitrogens is 2. The van der Waals surface area contributed by atoms with Gasteiger partial charge in [-0.2, -0.15) is 18.2 Å². The van der Waals surface area contributed by atoms with E-state index in [0.717, 1.165) is 50.8 Å². The number of likely N-dealkylation sites (tertiary alicyclic amines) is 1. The Bertz CT molecular complexity index is 1050. The van der Waals surface area contributed by atoms with Gasteiger partial charge in [-0.15, -0.1) is 0 Å². The lowest BCUT2D eigenvalue weighted by molar-refractivity contribution is -0.103. The highest BCUT2D eigenvalue weighted by Crippen LogP contribution is 2.43. The first kappa shape index (κ1) is 29.9. The molecule has 0 radical (unpaired) electrons. The first-order valence-electron chi connectivity index (χ1n) is 14.5. The highest BCUT2D eigenvalue weighted by atomic mass is 19.4. The molecular weight excluding hydrogens is 506 g/mol. The van der Waals surface area contributed by atoms with E-state index in [0.29, 0.717) is 37.8 Å². The van der Waals surface area contributed by atoms with Gasteiger partial charge in [-0.25, -0.2) is 14.4 Å². The molecule has 1 aliphatic heterocycles. The first-order chi connectivity index (χ1) is 18.1. The minimum absolute atomic E-state index is 0.00632. The molecule has 3 aliphatic rings. The Morgan fingerprint density at radius 2 is 1.56 bits per heavy atom. The lowest BCUT2D eigenvalue weighted by atomic mass is 9.67. The van der Waals surface area contributed by atoms with E-state index in [9.17, 15) is 17.6 Å². The number of allylic oxidation sites excluding steroid dienone is 1. The van der Waals surface area contributed by atoms with Crippen LogP contribution in [0.3, 0.4) is 0 Å². The van der Waals surface area contributed by atoms with E-state index in [1.165, 1.54) is 0 Å². The molecular formula is C30H45F4N5. The van der Waals surface area contributed by atoms with Crippen molar-refractivity contribution in [3.05, 3.63) is 23.7 Å². The van der Waals surface area contributed by atoms with Crippen molar-refractivity contribution in [3.8, 4) is 0 Å². The summed E-state index contributed by atoms with van der Waals surface area (Å²) in [7, 11) is 0. The summed E-state index contributed by atoms with van der Waals surface area (Å²) in [4.78, 5) is 14.6. The number of nitrogens with zero attached hydrogens (tertiary/aromatic N) is 4. The summed E-state index contributed by atoms with van der Waals surface area (Å²) in [5.74, 6) is 0.611. The van der Waals surface area contributed by atoms with Crippen LogP contribution in [0.15, 0.2) is 22.8 Å². The fraction of sp³-hybridized carbons (Fsp3) is 0.767. The van der Waals surface area contributed by atoms with Crippen molar-refractivity contribution < 1.29 is 17.6 Å². The van der Waals surface area contributed by atoms with Gasteiger partial charge in [0.25, 0.3) is 5.95 Å². The Morgan fingerprint density at radius 3 is 2.15 bits per heavy atom. The maximum absolute atomic E-state index is 14.8. The fourth-order valence-corrected chi connectivity index (χ4v) is 7.33. The van der Waals surface area contributed by atoms with Crippen molar-refractivity contribution in [2.45, 2.75) is 111 Å². The van der Waals surface area contributed by atoms with Gasteiger partial charge in [-0.3, -0.25) is 4.90 Å². The lowest BCUT2D eigenvalue weighted by Gasteiger charge is -2.41. The molecule has 1 aromatic heterocycles. The second-order valence-corrected chi connectivity index (χ2v) is 13.9. The van der Waals surface area contributed by atoms with Crippen molar-refractivity contribution in [1.29, 1.82) is 0 Å². The zero-order valence-electron chi connectivity index (χ0n) is 24.3. The van der Waals surface area contributed by atoms with Crippen LogP contribution in [0.4, 0.5) is 29.3 Å². The molecule has 0 spiro atoms. The average molecular weight is 552 g/mol. The van der Waals surface area contributed by atoms with Crippen molar-refractivity contribution in [2.24, 2.45) is 27.7 Å². The quantitative estimate of drug-likeness (QED) is 0.384. The molecule has 218 valence electrons. The highest BCUT2D eigenvalue weighted by molar-refractivity contribution is 5.98. The summed E-state index contributed by atoms with van der Waals surface area (Å²) in [6.45, 7) is 14.8. The maximum Gasteiger partial charge on any atom is 0.414 e.